The van der Waals surface area contributed by atoms with Gasteiger partial charge in [0.25, 0.3) is 0 Å². The second-order valence-electron chi connectivity index (χ2n) is 7.45. The van der Waals surface area contributed by atoms with Gasteiger partial charge < -0.3 is 10.1 Å². The number of benzene rings is 1. The van der Waals surface area contributed by atoms with E-state index in [1.54, 1.807) is 0 Å². The van der Waals surface area contributed by atoms with Crippen molar-refractivity contribution in [1.82, 2.24) is 5.32 Å². The molecule has 1 saturated carbocycles. The normalized spacial score (nSPS) is 23.9. The van der Waals surface area contributed by atoms with Gasteiger partial charge in [-0.15, -0.1) is 0 Å². The van der Waals surface area contributed by atoms with Gasteiger partial charge in [0.1, 0.15) is 11.4 Å². The SMILES string of the molecule is Cc1ccc2c(c1)C(NCC(C)C)CC1(CCCCC1)O2. The molecule has 0 bridgehead atoms. The van der Waals surface area contributed by atoms with Crippen LogP contribution in [-0.4, -0.2) is 12.1 Å². The zero-order valence-electron chi connectivity index (χ0n) is 13.7. The molecule has 2 aliphatic rings. The summed E-state index contributed by atoms with van der Waals surface area (Å²) in [5.74, 6) is 1.80. The molecule has 0 aromatic heterocycles. The first-order valence-corrected chi connectivity index (χ1v) is 8.61. The fraction of sp³-hybridized carbons (Fsp3) is 0.684. The lowest BCUT2D eigenvalue weighted by Gasteiger charge is -2.45. The third-order valence-electron chi connectivity index (χ3n) is 4.98. The lowest BCUT2D eigenvalue weighted by atomic mass is 9.77. The number of hydrogen-bond acceptors (Lipinski definition) is 2. The van der Waals surface area contributed by atoms with Crippen LogP contribution in [0, 0.1) is 12.8 Å². The first-order chi connectivity index (χ1) is 10.1. The number of nitrogens with one attached hydrogen (secondary N) is 1. The average Bonchev–Trinajstić information content (AvgIpc) is 2.46. The zero-order valence-corrected chi connectivity index (χ0v) is 13.7. The number of ether oxygens (including phenoxy) is 1. The van der Waals surface area contributed by atoms with Crippen LogP contribution in [-0.2, 0) is 0 Å². The van der Waals surface area contributed by atoms with Crippen LogP contribution >= 0.6 is 0 Å². The topological polar surface area (TPSA) is 21.3 Å². The lowest BCUT2D eigenvalue weighted by molar-refractivity contribution is -0.00299. The smallest absolute Gasteiger partial charge is 0.124 e. The van der Waals surface area contributed by atoms with Crippen LogP contribution in [0.15, 0.2) is 18.2 Å². The van der Waals surface area contributed by atoms with Gasteiger partial charge in [-0.05, 0) is 51.1 Å². The van der Waals surface area contributed by atoms with Gasteiger partial charge in [-0.1, -0.05) is 38.0 Å². The van der Waals surface area contributed by atoms with E-state index in [1.165, 1.54) is 43.2 Å². The van der Waals surface area contributed by atoms with E-state index in [0.29, 0.717) is 12.0 Å². The molecule has 1 aromatic rings. The standard InChI is InChI=1S/C19H29NO/c1-14(2)13-20-17-12-19(9-5-4-6-10-19)21-18-8-7-15(3)11-16(17)18/h7-8,11,14,17,20H,4-6,9-10,12-13H2,1-3H3. The summed E-state index contributed by atoms with van der Waals surface area (Å²) in [5.41, 5.74) is 2.79. The van der Waals surface area contributed by atoms with Crippen LogP contribution in [0.1, 0.15) is 69.5 Å². The third kappa shape index (κ3) is 3.26. The van der Waals surface area contributed by atoms with Crippen molar-refractivity contribution in [3.63, 3.8) is 0 Å². The van der Waals surface area contributed by atoms with Gasteiger partial charge in [-0.25, -0.2) is 0 Å². The minimum absolute atomic E-state index is 0.0924. The number of rotatable bonds is 3. The highest BCUT2D eigenvalue weighted by Gasteiger charge is 2.41. The largest absolute Gasteiger partial charge is 0.487 e. The molecule has 116 valence electrons. The molecule has 1 aliphatic carbocycles. The molecule has 21 heavy (non-hydrogen) atoms. The molecule has 0 radical (unpaired) electrons. The Bertz CT molecular complexity index is 488. The van der Waals surface area contributed by atoms with Crippen LogP contribution < -0.4 is 10.1 Å². The Morgan fingerprint density at radius 2 is 2.00 bits per heavy atom. The van der Waals surface area contributed by atoms with Gasteiger partial charge >= 0.3 is 0 Å². The van der Waals surface area contributed by atoms with Crippen molar-refractivity contribution in [3.8, 4) is 5.75 Å². The molecule has 1 N–H and O–H groups in total. The third-order valence-corrected chi connectivity index (χ3v) is 4.98. The number of aryl methyl sites for hydroxylation is 1. The van der Waals surface area contributed by atoms with Gasteiger partial charge in [-0.3, -0.25) is 0 Å². The summed E-state index contributed by atoms with van der Waals surface area (Å²) < 4.78 is 6.51. The maximum atomic E-state index is 6.51. The van der Waals surface area contributed by atoms with E-state index in [2.05, 4.69) is 44.3 Å². The molecule has 1 atom stereocenters. The molecule has 1 aromatic carbocycles. The zero-order chi connectivity index (χ0) is 14.9. The van der Waals surface area contributed by atoms with Gasteiger partial charge in [0, 0.05) is 18.0 Å². The van der Waals surface area contributed by atoms with Crippen molar-refractivity contribution >= 4 is 0 Å². The van der Waals surface area contributed by atoms with E-state index < -0.39 is 0 Å². The van der Waals surface area contributed by atoms with Gasteiger partial charge in [-0.2, -0.15) is 0 Å². The molecule has 2 heteroatoms. The predicted octanol–water partition coefficient (Wildman–Crippen LogP) is 4.77. The quantitative estimate of drug-likeness (QED) is 0.865. The maximum Gasteiger partial charge on any atom is 0.124 e. The number of hydrogen-bond donors (Lipinski definition) is 1. The fourth-order valence-corrected chi connectivity index (χ4v) is 3.85. The maximum absolute atomic E-state index is 6.51. The predicted molar refractivity (Wildman–Crippen MR) is 87.8 cm³/mol. The van der Waals surface area contributed by atoms with Gasteiger partial charge in [0.15, 0.2) is 0 Å². The Labute approximate surface area is 129 Å². The molecular weight excluding hydrogens is 258 g/mol. The monoisotopic (exact) mass is 287 g/mol. The first kappa shape index (κ1) is 14.9. The highest BCUT2D eigenvalue weighted by atomic mass is 16.5. The van der Waals surface area contributed by atoms with E-state index >= 15 is 0 Å². The summed E-state index contributed by atoms with van der Waals surface area (Å²) >= 11 is 0. The fourth-order valence-electron chi connectivity index (χ4n) is 3.85. The highest BCUT2D eigenvalue weighted by molar-refractivity contribution is 5.41. The Hall–Kier alpha value is -1.02. The van der Waals surface area contributed by atoms with Crippen molar-refractivity contribution < 1.29 is 4.74 Å². The van der Waals surface area contributed by atoms with Crippen LogP contribution in [0.5, 0.6) is 5.75 Å². The van der Waals surface area contributed by atoms with Crippen LogP contribution in [0.3, 0.4) is 0 Å². The Balaban J connectivity index is 1.88. The Kier molecular flexibility index (Phi) is 4.26. The van der Waals surface area contributed by atoms with Crippen molar-refractivity contribution in [3.05, 3.63) is 29.3 Å². The van der Waals surface area contributed by atoms with Gasteiger partial charge in [0.05, 0.1) is 0 Å². The summed E-state index contributed by atoms with van der Waals surface area (Å²) in [7, 11) is 0. The molecular formula is C19H29NO. The van der Waals surface area contributed by atoms with Crippen LogP contribution in [0.2, 0.25) is 0 Å². The minimum Gasteiger partial charge on any atom is -0.487 e. The molecule has 1 unspecified atom stereocenters. The van der Waals surface area contributed by atoms with E-state index in [9.17, 15) is 0 Å². The first-order valence-electron chi connectivity index (χ1n) is 8.61. The summed E-state index contributed by atoms with van der Waals surface area (Å²) in [4.78, 5) is 0. The van der Waals surface area contributed by atoms with Crippen molar-refractivity contribution in [2.75, 3.05) is 6.54 Å². The molecule has 3 rings (SSSR count). The van der Waals surface area contributed by atoms with E-state index in [0.717, 1.165) is 18.7 Å². The lowest BCUT2D eigenvalue weighted by Crippen LogP contribution is -2.46. The summed E-state index contributed by atoms with van der Waals surface area (Å²) in [5, 5.41) is 3.80. The van der Waals surface area contributed by atoms with Crippen LogP contribution in [0.25, 0.3) is 0 Å². The summed E-state index contributed by atoms with van der Waals surface area (Å²) in [6, 6.07) is 7.13. The summed E-state index contributed by atoms with van der Waals surface area (Å²) in [6.45, 7) is 7.80. The molecule has 1 aliphatic heterocycles. The summed E-state index contributed by atoms with van der Waals surface area (Å²) in [6.07, 6.45) is 7.59. The van der Waals surface area contributed by atoms with Gasteiger partial charge in [0.2, 0.25) is 0 Å². The van der Waals surface area contributed by atoms with E-state index in [-0.39, 0.29) is 5.60 Å². The highest BCUT2D eigenvalue weighted by Crippen LogP contribution is 2.46. The minimum atomic E-state index is 0.0924. The molecule has 0 amide bonds. The van der Waals surface area contributed by atoms with E-state index in [1.807, 2.05) is 0 Å². The van der Waals surface area contributed by atoms with Crippen molar-refractivity contribution in [2.45, 2.75) is 70.9 Å². The molecule has 1 heterocycles. The second-order valence-corrected chi connectivity index (χ2v) is 7.45. The second kappa shape index (κ2) is 6.00. The van der Waals surface area contributed by atoms with Crippen molar-refractivity contribution in [2.24, 2.45) is 5.92 Å². The Morgan fingerprint density at radius 3 is 2.71 bits per heavy atom. The molecule has 0 saturated heterocycles. The molecule has 1 spiro atoms. The number of fused-ring (bicyclic) bond motifs is 1. The van der Waals surface area contributed by atoms with Crippen LogP contribution in [0.4, 0.5) is 0 Å². The van der Waals surface area contributed by atoms with E-state index in [4.69, 9.17) is 4.74 Å². The van der Waals surface area contributed by atoms with Crippen molar-refractivity contribution in [1.29, 1.82) is 0 Å². The average molecular weight is 287 g/mol. The molecule has 1 fully saturated rings. The Morgan fingerprint density at radius 1 is 1.24 bits per heavy atom. The molecule has 2 nitrogen and oxygen atoms in total.